The van der Waals surface area contributed by atoms with Gasteiger partial charge in [-0.2, -0.15) is 5.10 Å². The number of hydrogen-bond donors (Lipinski definition) is 2. The SMILES string of the molecule is Cc1c(-c2ccc(F)cn2)n[nH]c1N. The van der Waals surface area contributed by atoms with Gasteiger partial charge >= 0.3 is 0 Å². The van der Waals surface area contributed by atoms with Gasteiger partial charge in [0.25, 0.3) is 0 Å². The Bertz CT molecular complexity index is 446. The molecule has 0 unspecified atom stereocenters. The van der Waals surface area contributed by atoms with Crippen molar-refractivity contribution >= 4 is 5.82 Å². The van der Waals surface area contributed by atoms with Gasteiger partial charge in [-0.05, 0) is 19.1 Å². The molecule has 0 saturated heterocycles. The first-order valence-electron chi connectivity index (χ1n) is 4.11. The second kappa shape index (κ2) is 3.10. The Morgan fingerprint density at radius 3 is 2.71 bits per heavy atom. The maximum Gasteiger partial charge on any atom is 0.141 e. The van der Waals surface area contributed by atoms with E-state index < -0.39 is 0 Å². The van der Waals surface area contributed by atoms with Gasteiger partial charge in [0.2, 0.25) is 0 Å². The van der Waals surface area contributed by atoms with E-state index in [2.05, 4.69) is 15.2 Å². The predicted molar refractivity (Wildman–Crippen MR) is 50.9 cm³/mol. The van der Waals surface area contributed by atoms with E-state index in [0.717, 1.165) is 11.8 Å². The summed E-state index contributed by atoms with van der Waals surface area (Å²) in [6.07, 6.45) is 1.15. The fourth-order valence-electron chi connectivity index (χ4n) is 1.18. The third kappa shape index (κ3) is 1.32. The Hall–Kier alpha value is -1.91. The number of halogens is 1. The Balaban J connectivity index is 2.49. The van der Waals surface area contributed by atoms with Crippen LogP contribution < -0.4 is 5.73 Å². The summed E-state index contributed by atoms with van der Waals surface area (Å²) in [6.45, 7) is 1.83. The predicted octanol–water partition coefficient (Wildman–Crippen LogP) is 1.50. The molecule has 0 atom stereocenters. The standard InChI is InChI=1S/C9H9FN4/c1-5-8(13-14-9(5)11)7-3-2-6(10)4-12-7/h2-4H,1H3,(H3,11,13,14). The molecule has 0 saturated carbocycles. The maximum atomic E-state index is 12.6. The highest BCUT2D eigenvalue weighted by Gasteiger charge is 2.09. The molecular weight excluding hydrogens is 183 g/mol. The third-order valence-electron chi connectivity index (χ3n) is 2.02. The summed E-state index contributed by atoms with van der Waals surface area (Å²) in [5.41, 5.74) is 7.67. The van der Waals surface area contributed by atoms with E-state index in [1.165, 1.54) is 6.07 Å². The number of nitrogen functional groups attached to an aromatic ring is 1. The van der Waals surface area contributed by atoms with Gasteiger partial charge in [0.05, 0.1) is 11.9 Å². The largest absolute Gasteiger partial charge is 0.384 e. The number of aromatic nitrogens is 3. The van der Waals surface area contributed by atoms with Crippen LogP contribution in [0, 0.1) is 12.7 Å². The van der Waals surface area contributed by atoms with Crippen molar-refractivity contribution in [3.05, 3.63) is 29.7 Å². The summed E-state index contributed by atoms with van der Waals surface area (Å²) >= 11 is 0. The number of hydrogen-bond acceptors (Lipinski definition) is 3. The van der Waals surface area contributed by atoms with Gasteiger partial charge in [-0.25, -0.2) is 4.39 Å². The fourth-order valence-corrected chi connectivity index (χ4v) is 1.18. The Morgan fingerprint density at radius 2 is 2.21 bits per heavy atom. The van der Waals surface area contributed by atoms with Crippen LogP contribution in [0.15, 0.2) is 18.3 Å². The average Bonchev–Trinajstić information content (AvgIpc) is 2.50. The number of aromatic amines is 1. The van der Waals surface area contributed by atoms with Crippen molar-refractivity contribution in [1.29, 1.82) is 0 Å². The topological polar surface area (TPSA) is 67.6 Å². The van der Waals surface area contributed by atoms with E-state index in [1.54, 1.807) is 6.07 Å². The van der Waals surface area contributed by atoms with Gasteiger partial charge in [0.15, 0.2) is 0 Å². The molecule has 72 valence electrons. The van der Waals surface area contributed by atoms with Crippen molar-refractivity contribution in [2.75, 3.05) is 5.73 Å². The molecule has 14 heavy (non-hydrogen) atoms. The number of nitrogens with zero attached hydrogens (tertiary/aromatic N) is 2. The molecule has 0 fully saturated rings. The van der Waals surface area contributed by atoms with Crippen LogP contribution in [0.1, 0.15) is 5.56 Å². The summed E-state index contributed by atoms with van der Waals surface area (Å²) in [5.74, 6) is 0.140. The molecule has 0 amide bonds. The molecule has 0 aliphatic heterocycles. The van der Waals surface area contributed by atoms with Gasteiger partial charge in [-0.3, -0.25) is 10.1 Å². The lowest BCUT2D eigenvalue weighted by atomic mass is 10.2. The first-order chi connectivity index (χ1) is 6.68. The molecule has 0 spiro atoms. The van der Waals surface area contributed by atoms with Crippen molar-refractivity contribution in [1.82, 2.24) is 15.2 Å². The van der Waals surface area contributed by atoms with Crippen molar-refractivity contribution in [2.24, 2.45) is 0 Å². The van der Waals surface area contributed by atoms with Crippen LogP contribution in [0.3, 0.4) is 0 Å². The van der Waals surface area contributed by atoms with Gasteiger partial charge in [-0.15, -0.1) is 0 Å². The Morgan fingerprint density at radius 1 is 1.43 bits per heavy atom. The van der Waals surface area contributed by atoms with Crippen molar-refractivity contribution < 1.29 is 4.39 Å². The second-order valence-corrected chi connectivity index (χ2v) is 2.97. The lowest BCUT2D eigenvalue weighted by Crippen LogP contribution is -1.88. The molecule has 5 heteroatoms. The highest BCUT2D eigenvalue weighted by Crippen LogP contribution is 2.21. The lowest BCUT2D eigenvalue weighted by Gasteiger charge is -1.96. The van der Waals surface area contributed by atoms with E-state index in [9.17, 15) is 4.39 Å². The van der Waals surface area contributed by atoms with Crippen molar-refractivity contribution in [3.8, 4) is 11.4 Å². The zero-order chi connectivity index (χ0) is 10.1. The summed E-state index contributed by atoms with van der Waals surface area (Å²) in [7, 11) is 0. The Labute approximate surface area is 80.0 Å². The first-order valence-corrected chi connectivity index (χ1v) is 4.11. The lowest BCUT2D eigenvalue weighted by molar-refractivity contribution is 0.622. The van der Waals surface area contributed by atoms with Crippen molar-refractivity contribution in [3.63, 3.8) is 0 Å². The van der Waals surface area contributed by atoms with Crippen molar-refractivity contribution in [2.45, 2.75) is 6.92 Å². The van der Waals surface area contributed by atoms with Crippen LogP contribution in [-0.4, -0.2) is 15.2 Å². The number of nitrogens with one attached hydrogen (secondary N) is 1. The zero-order valence-electron chi connectivity index (χ0n) is 7.58. The van der Waals surface area contributed by atoms with E-state index >= 15 is 0 Å². The summed E-state index contributed by atoms with van der Waals surface area (Å²) in [6, 6.07) is 2.91. The van der Waals surface area contributed by atoms with Crippen LogP contribution >= 0.6 is 0 Å². The molecule has 2 aromatic heterocycles. The van der Waals surface area contributed by atoms with Gasteiger partial charge in [0, 0.05) is 5.56 Å². The van der Waals surface area contributed by atoms with E-state index in [-0.39, 0.29) is 5.82 Å². The average molecular weight is 192 g/mol. The van der Waals surface area contributed by atoms with Crippen LogP contribution in [-0.2, 0) is 0 Å². The van der Waals surface area contributed by atoms with Gasteiger partial charge in [0.1, 0.15) is 17.3 Å². The number of rotatable bonds is 1. The number of nitrogens with two attached hydrogens (primary N) is 1. The number of pyridine rings is 1. The summed E-state index contributed by atoms with van der Waals surface area (Å²) in [5, 5.41) is 6.62. The molecular formula is C9H9FN4. The van der Waals surface area contributed by atoms with E-state index in [4.69, 9.17) is 5.73 Å². The molecule has 4 nitrogen and oxygen atoms in total. The second-order valence-electron chi connectivity index (χ2n) is 2.97. The van der Waals surface area contributed by atoms with Crippen LogP contribution in [0.4, 0.5) is 10.2 Å². The monoisotopic (exact) mass is 192 g/mol. The zero-order valence-corrected chi connectivity index (χ0v) is 7.58. The van der Waals surface area contributed by atoms with Gasteiger partial charge < -0.3 is 5.73 Å². The quantitative estimate of drug-likeness (QED) is 0.719. The highest BCUT2D eigenvalue weighted by atomic mass is 19.1. The normalized spacial score (nSPS) is 10.4. The van der Waals surface area contributed by atoms with Crippen LogP contribution in [0.5, 0.6) is 0 Å². The molecule has 2 heterocycles. The third-order valence-corrected chi connectivity index (χ3v) is 2.02. The molecule has 0 aliphatic rings. The maximum absolute atomic E-state index is 12.6. The molecule has 0 aliphatic carbocycles. The Kier molecular flexibility index (Phi) is 1.92. The molecule has 2 rings (SSSR count). The van der Waals surface area contributed by atoms with Crippen LogP contribution in [0.2, 0.25) is 0 Å². The number of anilines is 1. The summed E-state index contributed by atoms with van der Waals surface area (Å²) < 4.78 is 12.6. The van der Waals surface area contributed by atoms with Crippen LogP contribution in [0.25, 0.3) is 11.4 Å². The smallest absolute Gasteiger partial charge is 0.141 e. The van der Waals surface area contributed by atoms with E-state index in [1.807, 2.05) is 6.92 Å². The first kappa shape index (κ1) is 8.68. The van der Waals surface area contributed by atoms with E-state index in [0.29, 0.717) is 17.2 Å². The minimum atomic E-state index is -0.366. The molecule has 0 bridgehead atoms. The molecule has 3 N–H and O–H groups in total. The number of H-pyrrole nitrogens is 1. The minimum Gasteiger partial charge on any atom is -0.384 e. The molecule has 2 aromatic rings. The highest BCUT2D eigenvalue weighted by molar-refractivity contribution is 5.63. The molecule has 0 radical (unpaired) electrons. The fraction of sp³-hybridized carbons (Fsp3) is 0.111. The van der Waals surface area contributed by atoms with Gasteiger partial charge in [-0.1, -0.05) is 0 Å². The molecule has 0 aromatic carbocycles. The minimum absolute atomic E-state index is 0.366. The summed E-state index contributed by atoms with van der Waals surface area (Å²) in [4.78, 5) is 3.91.